The van der Waals surface area contributed by atoms with Gasteiger partial charge in [0.25, 0.3) is 0 Å². The summed E-state index contributed by atoms with van der Waals surface area (Å²) in [6.45, 7) is 3.83. The standard InChI is InChI=1S/C15H23NO2/c1-12-7-8-15(11-17,16-9-10-18-2)14-6-4-3-5-13(12)14/h3-6,12,16-17H,7-11H2,1-2H3. The maximum Gasteiger partial charge on any atom is 0.0672 e. The minimum Gasteiger partial charge on any atom is -0.394 e. The second-order valence-corrected chi connectivity index (χ2v) is 5.19. The summed E-state index contributed by atoms with van der Waals surface area (Å²) in [6.07, 6.45) is 2.09. The Morgan fingerprint density at radius 3 is 2.94 bits per heavy atom. The molecule has 0 radical (unpaired) electrons. The lowest BCUT2D eigenvalue weighted by molar-refractivity contribution is 0.120. The normalized spacial score (nSPS) is 26.9. The molecular weight excluding hydrogens is 226 g/mol. The fourth-order valence-electron chi connectivity index (χ4n) is 2.91. The van der Waals surface area contributed by atoms with E-state index in [0.717, 1.165) is 19.4 Å². The van der Waals surface area contributed by atoms with E-state index in [1.54, 1.807) is 7.11 Å². The van der Waals surface area contributed by atoms with Crippen molar-refractivity contribution < 1.29 is 9.84 Å². The summed E-state index contributed by atoms with van der Waals surface area (Å²) in [6, 6.07) is 8.46. The second-order valence-electron chi connectivity index (χ2n) is 5.19. The number of benzene rings is 1. The summed E-state index contributed by atoms with van der Waals surface area (Å²) in [4.78, 5) is 0. The Labute approximate surface area is 109 Å². The van der Waals surface area contributed by atoms with Crippen molar-refractivity contribution in [3.8, 4) is 0 Å². The van der Waals surface area contributed by atoms with Crippen molar-refractivity contribution >= 4 is 0 Å². The molecule has 1 aromatic carbocycles. The molecule has 1 aliphatic rings. The molecule has 2 unspecified atom stereocenters. The van der Waals surface area contributed by atoms with E-state index in [-0.39, 0.29) is 12.1 Å². The molecule has 18 heavy (non-hydrogen) atoms. The maximum atomic E-state index is 9.87. The van der Waals surface area contributed by atoms with Crippen LogP contribution in [-0.2, 0) is 10.3 Å². The summed E-state index contributed by atoms with van der Waals surface area (Å²) < 4.78 is 5.09. The molecule has 100 valence electrons. The lowest BCUT2D eigenvalue weighted by atomic mass is 9.72. The minimum atomic E-state index is -0.290. The molecule has 0 aliphatic heterocycles. The molecule has 0 amide bonds. The average molecular weight is 249 g/mol. The lowest BCUT2D eigenvalue weighted by Crippen LogP contribution is -2.49. The summed E-state index contributed by atoms with van der Waals surface area (Å²) in [5.41, 5.74) is 2.33. The van der Waals surface area contributed by atoms with Gasteiger partial charge in [-0.2, -0.15) is 0 Å². The van der Waals surface area contributed by atoms with Crippen molar-refractivity contribution in [1.29, 1.82) is 0 Å². The predicted octanol–water partition coefficient (Wildman–Crippen LogP) is 2.01. The lowest BCUT2D eigenvalue weighted by Gasteiger charge is -2.41. The Morgan fingerprint density at radius 1 is 1.44 bits per heavy atom. The average Bonchev–Trinajstić information content (AvgIpc) is 2.42. The first-order valence-electron chi connectivity index (χ1n) is 6.68. The smallest absolute Gasteiger partial charge is 0.0672 e. The number of nitrogens with one attached hydrogen (secondary N) is 1. The van der Waals surface area contributed by atoms with Gasteiger partial charge in [-0.3, -0.25) is 0 Å². The topological polar surface area (TPSA) is 41.5 Å². The highest BCUT2D eigenvalue weighted by Gasteiger charge is 2.37. The van der Waals surface area contributed by atoms with Gasteiger partial charge in [0.05, 0.1) is 18.8 Å². The van der Waals surface area contributed by atoms with Crippen LogP contribution in [0.3, 0.4) is 0 Å². The van der Waals surface area contributed by atoms with Crippen LogP contribution in [0.1, 0.15) is 36.8 Å². The molecule has 2 rings (SSSR count). The molecular formula is C15H23NO2. The van der Waals surface area contributed by atoms with E-state index in [4.69, 9.17) is 4.74 Å². The number of aliphatic hydroxyl groups excluding tert-OH is 1. The van der Waals surface area contributed by atoms with Gasteiger partial charge in [0.1, 0.15) is 0 Å². The molecule has 0 fully saturated rings. The fraction of sp³-hybridized carbons (Fsp3) is 0.600. The number of methoxy groups -OCH3 is 1. The molecule has 0 saturated heterocycles. The summed E-state index contributed by atoms with van der Waals surface area (Å²) in [5.74, 6) is 0.574. The molecule has 3 nitrogen and oxygen atoms in total. The number of hydrogen-bond acceptors (Lipinski definition) is 3. The molecule has 0 spiro atoms. The van der Waals surface area contributed by atoms with Gasteiger partial charge in [0.2, 0.25) is 0 Å². The van der Waals surface area contributed by atoms with Gasteiger partial charge >= 0.3 is 0 Å². The fourth-order valence-corrected chi connectivity index (χ4v) is 2.91. The minimum absolute atomic E-state index is 0.139. The molecule has 0 saturated carbocycles. The molecule has 2 atom stereocenters. The molecule has 0 bridgehead atoms. The molecule has 1 aromatic rings. The third kappa shape index (κ3) is 2.44. The Kier molecular flexibility index (Phi) is 4.38. The van der Waals surface area contributed by atoms with Gasteiger partial charge in [0.15, 0.2) is 0 Å². The quantitative estimate of drug-likeness (QED) is 0.784. The molecule has 0 aromatic heterocycles. The van der Waals surface area contributed by atoms with Crippen molar-refractivity contribution in [2.75, 3.05) is 26.9 Å². The van der Waals surface area contributed by atoms with E-state index in [1.807, 2.05) is 0 Å². The Bertz CT molecular complexity index is 394. The zero-order valence-electron chi connectivity index (χ0n) is 11.3. The molecule has 3 heteroatoms. The predicted molar refractivity (Wildman–Crippen MR) is 72.7 cm³/mol. The maximum absolute atomic E-state index is 9.87. The zero-order chi connectivity index (χ0) is 13.0. The van der Waals surface area contributed by atoms with Crippen LogP contribution in [0.25, 0.3) is 0 Å². The number of ether oxygens (including phenoxy) is 1. The van der Waals surface area contributed by atoms with Crippen molar-refractivity contribution in [2.45, 2.75) is 31.2 Å². The van der Waals surface area contributed by atoms with Crippen LogP contribution in [0.2, 0.25) is 0 Å². The summed E-state index contributed by atoms with van der Waals surface area (Å²) in [5, 5.41) is 13.4. The number of hydrogen-bond donors (Lipinski definition) is 2. The highest BCUT2D eigenvalue weighted by atomic mass is 16.5. The van der Waals surface area contributed by atoms with Crippen LogP contribution in [-0.4, -0.2) is 32.0 Å². The van der Waals surface area contributed by atoms with Crippen LogP contribution in [0.5, 0.6) is 0 Å². The van der Waals surface area contributed by atoms with Crippen LogP contribution < -0.4 is 5.32 Å². The van der Waals surface area contributed by atoms with Gasteiger partial charge in [-0.1, -0.05) is 31.2 Å². The number of fused-ring (bicyclic) bond motifs is 1. The van der Waals surface area contributed by atoms with Gasteiger partial charge in [0, 0.05) is 13.7 Å². The van der Waals surface area contributed by atoms with Crippen molar-refractivity contribution in [1.82, 2.24) is 5.32 Å². The zero-order valence-corrected chi connectivity index (χ0v) is 11.3. The first-order valence-corrected chi connectivity index (χ1v) is 6.68. The van der Waals surface area contributed by atoms with Crippen LogP contribution in [0.15, 0.2) is 24.3 Å². The van der Waals surface area contributed by atoms with E-state index < -0.39 is 0 Å². The highest BCUT2D eigenvalue weighted by molar-refractivity contribution is 5.38. The number of rotatable bonds is 5. The molecule has 0 heterocycles. The van der Waals surface area contributed by atoms with Crippen molar-refractivity contribution in [2.24, 2.45) is 0 Å². The third-order valence-corrected chi connectivity index (χ3v) is 4.05. The van der Waals surface area contributed by atoms with Gasteiger partial charge in [-0.25, -0.2) is 0 Å². The Hall–Kier alpha value is -0.900. The van der Waals surface area contributed by atoms with E-state index in [1.165, 1.54) is 11.1 Å². The number of aliphatic hydroxyl groups is 1. The monoisotopic (exact) mass is 249 g/mol. The van der Waals surface area contributed by atoms with E-state index in [9.17, 15) is 5.11 Å². The first-order chi connectivity index (χ1) is 8.73. The molecule has 2 N–H and O–H groups in total. The Morgan fingerprint density at radius 2 is 2.22 bits per heavy atom. The van der Waals surface area contributed by atoms with E-state index in [2.05, 4.69) is 36.5 Å². The van der Waals surface area contributed by atoms with Crippen molar-refractivity contribution in [3.63, 3.8) is 0 Å². The molecule has 1 aliphatic carbocycles. The van der Waals surface area contributed by atoms with E-state index in [0.29, 0.717) is 12.5 Å². The van der Waals surface area contributed by atoms with Crippen LogP contribution >= 0.6 is 0 Å². The van der Waals surface area contributed by atoms with Gasteiger partial charge in [-0.05, 0) is 29.9 Å². The summed E-state index contributed by atoms with van der Waals surface area (Å²) >= 11 is 0. The highest BCUT2D eigenvalue weighted by Crippen LogP contribution is 2.40. The Balaban J connectivity index is 2.28. The van der Waals surface area contributed by atoms with Gasteiger partial charge < -0.3 is 15.2 Å². The van der Waals surface area contributed by atoms with Crippen LogP contribution in [0.4, 0.5) is 0 Å². The van der Waals surface area contributed by atoms with Crippen LogP contribution in [0, 0.1) is 0 Å². The third-order valence-electron chi connectivity index (χ3n) is 4.05. The second kappa shape index (κ2) is 5.83. The SMILES string of the molecule is COCCNC1(CO)CCC(C)c2ccccc21. The van der Waals surface area contributed by atoms with Gasteiger partial charge in [-0.15, -0.1) is 0 Å². The first kappa shape index (κ1) is 13.5. The van der Waals surface area contributed by atoms with Crippen molar-refractivity contribution in [3.05, 3.63) is 35.4 Å². The van der Waals surface area contributed by atoms with E-state index >= 15 is 0 Å². The summed E-state index contributed by atoms with van der Waals surface area (Å²) in [7, 11) is 1.70. The largest absolute Gasteiger partial charge is 0.394 e.